The van der Waals surface area contributed by atoms with Crippen molar-refractivity contribution < 1.29 is 24.4 Å². The maximum atomic E-state index is 12.0. The quantitative estimate of drug-likeness (QED) is 0.524. The molecular formula is C15H15ClN4O6. The Morgan fingerprint density at radius 2 is 2.23 bits per heavy atom. The molecule has 0 radical (unpaired) electrons. The zero-order chi connectivity index (χ0) is 19.3. The highest BCUT2D eigenvalue weighted by molar-refractivity contribution is 6.32. The first-order valence-corrected chi connectivity index (χ1v) is 7.72. The number of carbonyl (C=O) groups excluding carboxylic acids is 1. The minimum absolute atomic E-state index is 0.0649. The van der Waals surface area contributed by atoms with Crippen LogP contribution in [0.25, 0.3) is 0 Å². The number of nitrogens with zero attached hydrogens (tertiary/aromatic N) is 3. The number of amides is 1. The van der Waals surface area contributed by atoms with Gasteiger partial charge in [0.05, 0.1) is 17.1 Å². The molecule has 0 fully saturated rings. The molecule has 1 heterocycles. The molecule has 2 N–H and O–H groups in total. The SMILES string of the molecule is COc1ccc(C(NC(=O)CCn2cc([N+](=O)[O-])cn2)C(=O)O)cc1Cl. The normalized spacial score (nSPS) is 11.6. The molecule has 2 rings (SSSR count). The van der Waals surface area contributed by atoms with Gasteiger partial charge in [-0.1, -0.05) is 17.7 Å². The third kappa shape index (κ3) is 4.70. The van der Waals surface area contributed by atoms with E-state index < -0.39 is 22.8 Å². The second-order valence-corrected chi connectivity index (χ2v) is 5.61. The lowest BCUT2D eigenvalue weighted by Gasteiger charge is -2.16. The summed E-state index contributed by atoms with van der Waals surface area (Å²) in [4.78, 5) is 33.5. The number of nitrogens with one attached hydrogen (secondary N) is 1. The maximum absolute atomic E-state index is 12.0. The van der Waals surface area contributed by atoms with Crippen LogP contribution in [-0.2, 0) is 16.1 Å². The van der Waals surface area contributed by atoms with Crippen molar-refractivity contribution in [3.63, 3.8) is 0 Å². The summed E-state index contributed by atoms with van der Waals surface area (Å²) in [6.45, 7) is 0.0649. The maximum Gasteiger partial charge on any atom is 0.330 e. The number of aryl methyl sites for hydroxylation is 1. The van der Waals surface area contributed by atoms with E-state index in [1.54, 1.807) is 0 Å². The number of hydrogen-bond donors (Lipinski definition) is 2. The topological polar surface area (TPSA) is 137 Å². The van der Waals surface area contributed by atoms with E-state index >= 15 is 0 Å². The van der Waals surface area contributed by atoms with E-state index in [0.717, 1.165) is 6.20 Å². The third-order valence-electron chi connectivity index (χ3n) is 3.46. The predicted octanol–water partition coefficient (Wildman–Crippen LogP) is 1.79. The van der Waals surface area contributed by atoms with E-state index in [-0.39, 0.29) is 29.2 Å². The van der Waals surface area contributed by atoms with Gasteiger partial charge in [-0.05, 0) is 17.7 Å². The third-order valence-corrected chi connectivity index (χ3v) is 3.76. The standard InChI is InChI=1S/C15H15ClN4O6/c1-26-12-3-2-9(6-11(12)16)14(15(22)23)18-13(21)4-5-19-8-10(7-17-19)20(24)25/h2-3,6-8,14H,4-5H2,1H3,(H,18,21)(H,22,23). The molecule has 0 bridgehead atoms. The van der Waals surface area contributed by atoms with Crippen LogP contribution in [0, 0.1) is 10.1 Å². The number of benzene rings is 1. The Kier molecular flexibility index (Phi) is 6.12. The number of aliphatic carboxylic acids is 1. The van der Waals surface area contributed by atoms with Crippen molar-refractivity contribution in [1.29, 1.82) is 0 Å². The Morgan fingerprint density at radius 3 is 2.77 bits per heavy atom. The molecule has 2 aromatic rings. The van der Waals surface area contributed by atoms with E-state index in [0.29, 0.717) is 5.75 Å². The van der Waals surface area contributed by atoms with Crippen LogP contribution in [0.5, 0.6) is 5.75 Å². The second kappa shape index (κ2) is 8.30. The average Bonchev–Trinajstić information content (AvgIpc) is 3.07. The number of aromatic nitrogens is 2. The number of rotatable bonds is 8. The van der Waals surface area contributed by atoms with Crippen molar-refractivity contribution in [3.05, 3.63) is 51.3 Å². The smallest absolute Gasteiger partial charge is 0.330 e. The lowest BCUT2D eigenvalue weighted by Crippen LogP contribution is -2.34. The monoisotopic (exact) mass is 382 g/mol. The predicted molar refractivity (Wildman–Crippen MR) is 90.0 cm³/mol. The summed E-state index contributed by atoms with van der Waals surface area (Å²) in [5.41, 5.74) is 0.0908. The van der Waals surface area contributed by atoms with Gasteiger partial charge in [-0.25, -0.2) is 4.79 Å². The number of halogens is 1. The number of methoxy groups -OCH3 is 1. The van der Waals surface area contributed by atoms with E-state index in [1.807, 2.05) is 0 Å². The van der Waals surface area contributed by atoms with E-state index in [2.05, 4.69) is 10.4 Å². The van der Waals surface area contributed by atoms with Crippen molar-refractivity contribution >= 4 is 29.2 Å². The number of carbonyl (C=O) groups is 2. The van der Waals surface area contributed by atoms with Gasteiger partial charge in [-0.2, -0.15) is 5.10 Å². The number of hydrogen-bond acceptors (Lipinski definition) is 6. The van der Waals surface area contributed by atoms with Crippen molar-refractivity contribution in [1.82, 2.24) is 15.1 Å². The Bertz CT molecular complexity index is 837. The van der Waals surface area contributed by atoms with Gasteiger partial charge in [0.25, 0.3) is 0 Å². The fraction of sp³-hybridized carbons (Fsp3) is 0.267. The zero-order valence-electron chi connectivity index (χ0n) is 13.6. The van der Waals surface area contributed by atoms with Crippen LogP contribution < -0.4 is 10.1 Å². The minimum Gasteiger partial charge on any atom is -0.495 e. The van der Waals surface area contributed by atoms with Gasteiger partial charge >= 0.3 is 11.7 Å². The first-order chi connectivity index (χ1) is 12.3. The summed E-state index contributed by atoms with van der Waals surface area (Å²) in [5, 5.41) is 26.3. The summed E-state index contributed by atoms with van der Waals surface area (Å²) >= 11 is 5.99. The van der Waals surface area contributed by atoms with Crippen LogP contribution >= 0.6 is 11.6 Å². The summed E-state index contributed by atoms with van der Waals surface area (Å²) in [7, 11) is 1.43. The number of ether oxygens (including phenoxy) is 1. The van der Waals surface area contributed by atoms with Crippen LogP contribution in [0.15, 0.2) is 30.6 Å². The van der Waals surface area contributed by atoms with Crippen LogP contribution in [-0.4, -0.2) is 38.8 Å². The molecule has 1 aromatic heterocycles. The molecule has 10 nitrogen and oxygen atoms in total. The molecule has 0 aliphatic rings. The van der Waals surface area contributed by atoms with E-state index in [9.17, 15) is 24.8 Å². The molecule has 1 amide bonds. The van der Waals surface area contributed by atoms with Crippen molar-refractivity contribution in [2.24, 2.45) is 0 Å². The molecular weight excluding hydrogens is 368 g/mol. The van der Waals surface area contributed by atoms with E-state index in [4.69, 9.17) is 16.3 Å². The second-order valence-electron chi connectivity index (χ2n) is 5.20. The van der Waals surface area contributed by atoms with Crippen molar-refractivity contribution in [2.75, 3.05) is 7.11 Å². The largest absolute Gasteiger partial charge is 0.495 e. The molecule has 0 aliphatic carbocycles. The molecule has 0 aliphatic heterocycles. The molecule has 1 atom stereocenters. The van der Waals surface area contributed by atoms with Crippen LogP contribution in [0.2, 0.25) is 5.02 Å². The van der Waals surface area contributed by atoms with Gasteiger partial charge in [0.2, 0.25) is 5.91 Å². The van der Waals surface area contributed by atoms with Crippen LogP contribution in [0.3, 0.4) is 0 Å². The van der Waals surface area contributed by atoms with Gasteiger partial charge in [0.15, 0.2) is 6.04 Å². The van der Waals surface area contributed by atoms with Gasteiger partial charge in [-0.15, -0.1) is 0 Å². The zero-order valence-corrected chi connectivity index (χ0v) is 14.3. The molecule has 0 saturated heterocycles. The summed E-state index contributed by atoms with van der Waals surface area (Å²) in [6, 6.07) is 3.09. The molecule has 11 heteroatoms. The number of nitro groups is 1. The Hall–Kier alpha value is -3.14. The fourth-order valence-corrected chi connectivity index (χ4v) is 2.43. The van der Waals surface area contributed by atoms with Gasteiger partial charge in [-0.3, -0.25) is 19.6 Å². The highest BCUT2D eigenvalue weighted by Gasteiger charge is 2.23. The molecule has 26 heavy (non-hydrogen) atoms. The Balaban J connectivity index is 2.02. The lowest BCUT2D eigenvalue weighted by molar-refractivity contribution is -0.385. The van der Waals surface area contributed by atoms with Gasteiger partial charge < -0.3 is 15.2 Å². The van der Waals surface area contributed by atoms with Gasteiger partial charge in [0.1, 0.15) is 18.1 Å². The van der Waals surface area contributed by atoms with E-state index in [1.165, 1.54) is 36.2 Å². The lowest BCUT2D eigenvalue weighted by atomic mass is 10.1. The highest BCUT2D eigenvalue weighted by Crippen LogP contribution is 2.27. The summed E-state index contributed by atoms with van der Waals surface area (Å²) in [5.74, 6) is -1.43. The molecule has 1 unspecified atom stereocenters. The minimum atomic E-state index is -1.29. The number of carboxylic acids is 1. The van der Waals surface area contributed by atoms with Crippen LogP contribution in [0.4, 0.5) is 5.69 Å². The fourth-order valence-electron chi connectivity index (χ4n) is 2.17. The highest BCUT2D eigenvalue weighted by atomic mass is 35.5. The Labute approximate surface area is 152 Å². The molecule has 0 saturated carbocycles. The summed E-state index contributed by atoms with van der Waals surface area (Å²) < 4.78 is 6.24. The van der Waals surface area contributed by atoms with Crippen molar-refractivity contribution in [3.8, 4) is 5.75 Å². The number of carboxylic acid groups (broad SMARTS) is 1. The first-order valence-electron chi connectivity index (χ1n) is 7.34. The first kappa shape index (κ1) is 19.2. The summed E-state index contributed by atoms with van der Waals surface area (Å²) in [6.07, 6.45) is 2.15. The average molecular weight is 383 g/mol. The molecule has 138 valence electrons. The molecule has 1 aromatic carbocycles. The van der Waals surface area contributed by atoms with Gasteiger partial charge in [0, 0.05) is 13.0 Å². The Morgan fingerprint density at radius 1 is 1.50 bits per heavy atom. The van der Waals surface area contributed by atoms with Crippen LogP contribution in [0.1, 0.15) is 18.0 Å². The van der Waals surface area contributed by atoms with Crippen molar-refractivity contribution in [2.45, 2.75) is 19.0 Å². The molecule has 0 spiro atoms.